The standard InChI is InChI=1S/C17H19NO2/c19-12-13-4-8-16(9-5-13)20-17-3-1-2-14(10-17)11-18-15-6-7-15/h1-5,8-10,15,18-19H,6-7,11-12H2. The lowest BCUT2D eigenvalue weighted by atomic mass is 10.2. The van der Waals surface area contributed by atoms with E-state index in [0.717, 1.165) is 23.6 Å². The smallest absolute Gasteiger partial charge is 0.127 e. The summed E-state index contributed by atoms with van der Waals surface area (Å²) < 4.78 is 5.83. The summed E-state index contributed by atoms with van der Waals surface area (Å²) in [5.74, 6) is 1.63. The third-order valence-electron chi connectivity index (χ3n) is 3.41. The summed E-state index contributed by atoms with van der Waals surface area (Å²) in [4.78, 5) is 0. The number of nitrogens with one attached hydrogen (secondary N) is 1. The zero-order chi connectivity index (χ0) is 13.8. The monoisotopic (exact) mass is 269 g/mol. The molecule has 0 saturated heterocycles. The van der Waals surface area contributed by atoms with E-state index in [1.807, 2.05) is 36.4 Å². The van der Waals surface area contributed by atoms with Crippen molar-refractivity contribution in [3.63, 3.8) is 0 Å². The fourth-order valence-electron chi connectivity index (χ4n) is 2.07. The number of hydrogen-bond acceptors (Lipinski definition) is 3. The number of ether oxygens (including phenoxy) is 1. The molecule has 1 aliphatic rings. The van der Waals surface area contributed by atoms with Gasteiger partial charge in [-0.15, -0.1) is 0 Å². The first-order valence-electron chi connectivity index (χ1n) is 7.03. The van der Waals surface area contributed by atoms with E-state index in [9.17, 15) is 0 Å². The largest absolute Gasteiger partial charge is 0.457 e. The highest BCUT2D eigenvalue weighted by atomic mass is 16.5. The Kier molecular flexibility index (Phi) is 4.00. The van der Waals surface area contributed by atoms with Crippen LogP contribution < -0.4 is 10.1 Å². The van der Waals surface area contributed by atoms with Crippen molar-refractivity contribution in [3.05, 3.63) is 59.7 Å². The van der Waals surface area contributed by atoms with Gasteiger partial charge in [-0.1, -0.05) is 24.3 Å². The molecule has 2 N–H and O–H groups in total. The van der Waals surface area contributed by atoms with E-state index >= 15 is 0 Å². The second kappa shape index (κ2) is 6.07. The van der Waals surface area contributed by atoms with Crippen LogP contribution in [0.5, 0.6) is 11.5 Å². The molecule has 2 aromatic rings. The van der Waals surface area contributed by atoms with Crippen molar-refractivity contribution in [2.24, 2.45) is 0 Å². The summed E-state index contributed by atoms with van der Waals surface area (Å²) in [6, 6.07) is 16.3. The Morgan fingerprint density at radius 1 is 1.00 bits per heavy atom. The Bertz CT molecular complexity index is 561. The van der Waals surface area contributed by atoms with Gasteiger partial charge < -0.3 is 15.2 Å². The fourth-order valence-corrected chi connectivity index (χ4v) is 2.07. The molecule has 0 aromatic heterocycles. The third-order valence-corrected chi connectivity index (χ3v) is 3.41. The molecule has 0 unspecified atom stereocenters. The number of benzene rings is 2. The average molecular weight is 269 g/mol. The third kappa shape index (κ3) is 3.59. The number of aliphatic hydroxyl groups is 1. The van der Waals surface area contributed by atoms with Crippen LogP contribution in [-0.4, -0.2) is 11.1 Å². The first kappa shape index (κ1) is 13.2. The van der Waals surface area contributed by atoms with Crippen LogP contribution in [0.15, 0.2) is 48.5 Å². The molecule has 1 aliphatic carbocycles. The summed E-state index contributed by atoms with van der Waals surface area (Å²) in [5, 5.41) is 12.5. The zero-order valence-electron chi connectivity index (χ0n) is 11.4. The molecule has 0 bridgehead atoms. The van der Waals surface area contributed by atoms with Crippen LogP contribution >= 0.6 is 0 Å². The molecule has 3 nitrogen and oxygen atoms in total. The van der Waals surface area contributed by atoms with Crippen LogP contribution in [0, 0.1) is 0 Å². The molecular formula is C17H19NO2. The Morgan fingerprint density at radius 3 is 2.50 bits per heavy atom. The van der Waals surface area contributed by atoms with Crippen molar-refractivity contribution in [3.8, 4) is 11.5 Å². The molecule has 0 amide bonds. The molecule has 20 heavy (non-hydrogen) atoms. The first-order valence-corrected chi connectivity index (χ1v) is 7.03. The van der Waals surface area contributed by atoms with E-state index in [1.54, 1.807) is 0 Å². The van der Waals surface area contributed by atoms with Gasteiger partial charge in [-0.05, 0) is 48.2 Å². The molecule has 0 spiro atoms. The van der Waals surface area contributed by atoms with Crippen LogP contribution in [0.1, 0.15) is 24.0 Å². The molecule has 0 aliphatic heterocycles. The molecule has 1 saturated carbocycles. The highest BCUT2D eigenvalue weighted by Crippen LogP contribution is 2.24. The van der Waals surface area contributed by atoms with Gasteiger partial charge >= 0.3 is 0 Å². The van der Waals surface area contributed by atoms with Gasteiger partial charge in [0.25, 0.3) is 0 Å². The van der Waals surface area contributed by atoms with Gasteiger partial charge in [0.05, 0.1) is 6.61 Å². The second-order valence-electron chi connectivity index (χ2n) is 5.21. The Hall–Kier alpha value is -1.84. The number of rotatable bonds is 6. The van der Waals surface area contributed by atoms with E-state index in [2.05, 4.69) is 17.4 Å². The summed E-state index contributed by atoms with van der Waals surface area (Å²) in [6.45, 7) is 0.952. The highest BCUT2D eigenvalue weighted by molar-refractivity contribution is 5.35. The van der Waals surface area contributed by atoms with Crippen molar-refractivity contribution in [1.82, 2.24) is 5.32 Å². The van der Waals surface area contributed by atoms with E-state index in [1.165, 1.54) is 18.4 Å². The Morgan fingerprint density at radius 2 is 1.80 bits per heavy atom. The maximum atomic E-state index is 9.02. The van der Waals surface area contributed by atoms with Crippen molar-refractivity contribution in [1.29, 1.82) is 0 Å². The quantitative estimate of drug-likeness (QED) is 0.846. The topological polar surface area (TPSA) is 41.5 Å². The molecular weight excluding hydrogens is 250 g/mol. The van der Waals surface area contributed by atoms with E-state index in [4.69, 9.17) is 9.84 Å². The minimum atomic E-state index is 0.0581. The minimum absolute atomic E-state index is 0.0581. The fraction of sp³-hybridized carbons (Fsp3) is 0.294. The number of hydrogen-bond donors (Lipinski definition) is 2. The van der Waals surface area contributed by atoms with Gasteiger partial charge in [-0.2, -0.15) is 0 Å². The van der Waals surface area contributed by atoms with Gasteiger partial charge in [-0.3, -0.25) is 0 Å². The lowest BCUT2D eigenvalue weighted by molar-refractivity contribution is 0.281. The normalized spacial score (nSPS) is 14.2. The Labute approximate surface area is 119 Å². The summed E-state index contributed by atoms with van der Waals surface area (Å²) in [6.07, 6.45) is 2.60. The van der Waals surface area contributed by atoms with Crippen LogP contribution in [0.4, 0.5) is 0 Å². The molecule has 3 heteroatoms. The molecule has 1 fully saturated rings. The molecule has 0 atom stereocenters. The van der Waals surface area contributed by atoms with E-state index in [-0.39, 0.29) is 6.61 Å². The van der Waals surface area contributed by atoms with Gasteiger partial charge in [0.1, 0.15) is 11.5 Å². The van der Waals surface area contributed by atoms with Crippen LogP contribution in [-0.2, 0) is 13.2 Å². The van der Waals surface area contributed by atoms with E-state index < -0.39 is 0 Å². The molecule has 3 rings (SSSR count). The maximum absolute atomic E-state index is 9.02. The van der Waals surface area contributed by atoms with Crippen molar-refractivity contribution in [2.45, 2.75) is 32.0 Å². The Balaban J connectivity index is 1.64. The number of aliphatic hydroxyl groups excluding tert-OH is 1. The highest BCUT2D eigenvalue weighted by Gasteiger charge is 2.19. The zero-order valence-corrected chi connectivity index (χ0v) is 11.4. The molecule has 104 valence electrons. The van der Waals surface area contributed by atoms with Gasteiger partial charge in [-0.25, -0.2) is 0 Å². The average Bonchev–Trinajstić information content (AvgIpc) is 3.31. The molecule has 0 heterocycles. The van der Waals surface area contributed by atoms with Gasteiger partial charge in [0, 0.05) is 12.6 Å². The lowest BCUT2D eigenvalue weighted by Gasteiger charge is -2.09. The second-order valence-corrected chi connectivity index (χ2v) is 5.21. The molecule has 2 aromatic carbocycles. The first-order chi connectivity index (χ1) is 9.83. The summed E-state index contributed by atoms with van der Waals surface area (Å²) in [5.41, 5.74) is 2.13. The minimum Gasteiger partial charge on any atom is -0.457 e. The van der Waals surface area contributed by atoms with Gasteiger partial charge in [0.2, 0.25) is 0 Å². The van der Waals surface area contributed by atoms with Crippen molar-refractivity contribution < 1.29 is 9.84 Å². The van der Waals surface area contributed by atoms with Gasteiger partial charge in [0.15, 0.2) is 0 Å². The van der Waals surface area contributed by atoms with Crippen molar-refractivity contribution >= 4 is 0 Å². The van der Waals surface area contributed by atoms with E-state index in [0.29, 0.717) is 6.04 Å². The predicted molar refractivity (Wildman–Crippen MR) is 78.7 cm³/mol. The van der Waals surface area contributed by atoms with Crippen LogP contribution in [0.2, 0.25) is 0 Å². The predicted octanol–water partition coefficient (Wildman–Crippen LogP) is 3.22. The van der Waals surface area contributed by atoms with Crippen molar-refractivity contribution in [2.75, 3.05) is 0 Å². The SMILES string of the molecule is OCc1ccc(Oc2cccc(CNC3CC3)c2)cc1. The summed E-state index contributed by atoms with van der Waals surface area (Å²) >= 11 is 0. The molecule has 0 radical (unpaired) electrons. The van der Waals surface area contributed by atoms with Crippen LogP contribution in [0.3, 0.4) is 0 Å². The van der Waals surface area contributed by atoms with Crippen LogP contribution in [0.25, 0.3) is 0 Å². The maximum Gasteiger partial charge on any atom is 0.127 e. The lowest BCUT2D eigenvalue weighted by Crippen LogP contribution is -2.15. The summed E-state index contributed by atoms with van der Waals surface area (Å²) in [7, 11) is 0.